The lowest BCUT2D eigenvalue weighted by atomic mass is 9.88. The average Bonchev–Trinajstić information content (AvgIpc) is 3.37. The van der Waals surface area contributed by atoms with Crippen LogP contribution in [-0.2, 0) is 31.0 Å². The van der Waals surface area contributed by atoms with E-state index in [-0.39, 0.29) is 29.8 Å². The van der Waals surface area contributed by atoms with Gasteiger partial charge in [-0.3, -0.25) is 0 Å². The van der Waals surface area contributed by atoms with Crippen LogP contribution in [0.25, 0.3) is 0 Å². The Balaban J connectivity index is 1.08. The van der Waals surface area contributed by atoms with Crippen LogP contribution in [0.5, 0.6) is 11.5 Å². The van der Waals surface area contributed by atoms with Gasteiger partial charge in [0.1, 0.15) is 24.2 Å². The molecule has 3 N–H and O–H groups in total. The lowest BCUT2D eigenvalue weighted by Gasteiger charge is -2.38. The van der Waals surface area contributed by atoms with Crippen LogP contribution in [-0.4, -0.2) is 101 Å². The molecule has 0 aromatic heterocycles. The van der Waals surface area contributed by atoms with Crippen molar-refractivity contribution in [2.75, 3.05) is 51.8 Å². The second-order valence-electron chi connectivity index (χ2n) is 10.9. The summed E-state index contributed by atoms with van der Waals surface area (Å²) in [6, 6.07) is 11.1. The maximum atomic E-state index is 13.3. The quantitative estimate of drug-likeness (QED) is 0.338. The summed E-state index contributed by atoms with van der Waals surface area (Å²) in [4.78, 5) is 0.362. The number of aliphatic hydroxyl groups is 2. The number of aryl methyl sites for hydroxylation is 1. The van der Waals surface area contributed by atoms with Crippen LogP contribution in [0.1, 0.15) is 31.2 Å². The topological polar surface area (TPSA) is 152 Å². The van der Waals surface area contributed by atoms with Crippen LogP contribution in [0.2, 0.25) is 0 Å². The molecule has 3 aliphatic rings. The molecule has 0 bridgehead atoms. The van der Waals surface area contributed by atoms with Crippen molar-refractivity contribution < 1.29 is 41.3 Å². The van der Waals surface area contributed by atoms with E-state index in [1.807, 2.05) is 0 Å². The third-order valence-electron chi connectivity index (χ3n) is 7.97. The van der Waals surface area contributed by atoms with Gasteiger partial charge >= 0.3 is 0 Å². The zero-order chi connectivity index (χ0) is 29.1. The predicted octanol–water partition coefficient (Wildman–Crippen LogP) is 1.12. The first kappa shape index (κ1) is 30.2. The molecule has 0 unspecified atom stereocenters. The molecule has 2 atom stereocenters. The van der Waals surface area contributed by atoms with Crippen molar-refractivity contribution in [1.29, 1.82) is 0 Å². The molecule has 2 aromatic carbocycles. The Morgan fingerprint density at radius 1 is 1.10 bits per heavy atom. The van der Waals surface area contributed by atoms with Crippen molar-refractivity contribution in [1.82, 2.24) is 9.62 Å². The van der Waals surface area contributed by atoms with Gasteiger partial charge in [-0.1, -0.05) is 6.07 Å². The van der Waals surface area contributed by atoms with Crippen LogP contribution in [0.4, 0.5) is 0 Å². The summed E-state index contributed by atoms with van der Waals surface area (Å²) < 4.78 is 69.9. The molecule has 13 heteroatoms. The molecule has 0 saturated carbocycles. The monoisotopic (exact) mass is 610 g/mol. The van der Waals surface area contributed by atoms with E-state index in [0.29, 0.717) is 49.8 Å². The van der Waals surface area contributed by atoms with Gasteiger partial charge in [0.2, 0.25) is 10.0 Å². The summed E-state index contributed by atoms with van der Waals surface area (Å²) in [7, 11) is -7.20. The van der Waals surface area contributed by atoms with Crippen LogP contribution in [0.3, 0.4) is 0 Å². The zero-order valence-electron chi connectivity index (χ0n) is 22.9. The van der Waals surface area contributed by atoms with Crippen LogP contribution in [0, 0.1) is 0 Å². The second kappa shape index (κ2) is 12.5. The third kappa shape index (κ3) is 7.04. The van der Waals surface area contributed by atoms with Gasteiger partial charge in [-0.15, -0.1) is 0 Å². The van der Waals surface area contributed by atoms with Crippen LogP contribution in [0.15, 0.2) is 52.3 Å². The van der Waals surface area contributed by atoms with Crippen molar-refractivity contribution in [3.05, 3.63) is 48.0 Å². The van der Waals surface area contributed by atoms with E-state index in [2.05, 4.69) is 5.32 Å². The van der Waals surface area contributed by atoms with E-state index < -0.39 is 38.2 Å². The van der Waals surface area contributed by atoms with Gasteiger partial charge in [-0.2, -0.15) is 4.31 Å². The minimum atomic E-state index is -3.60. The van der Waals surface area contributed by atoms with Gasteiger partial charge < -0.3 is 29.7 Å². The van der Waals surface area contributed by atoms with Gasteiger partial charge in [0, 0.05) is 25.7 Å². The van der Waals surface area contributed by atoms with Gasteiger partial charge in [-0.05, 0) is 74.1 Å². The number of piperidine rings is 1. The highest BCUT2D eigenvalue weighted by molar-refractivity contribution is 7.91. The van der Waals surface area contributed by atoms with E-state index >= 15 is 0 Å². The first-order chi connectivity index (χ1) is 19.6. The molecule has 0 radical (unpaired) electrons. The Kier molecular flexibility index (Phi) is 9.24. The van der Waals surface area contributed by atoms with E-state index in [1.165, 1.54) is 12.1 Å². The average molecular weight is 611 g/mol. The van der Waals surface area contributed by atoms with Crippen molar-refractivity contribution in [2.45, 2.75) is 59.6 Å². The highest BCUT2D eigenvalue weighted by Crippen LogP contribution is 2.38. The number of nitrogens with zero attached hydrogens (tertiary/aromatic N) is 1. The number of benzene rings is 2. The SMILES string of the molecule is O=S(=O)(CCO)c1cccc(OC[C@@H](O)CN[C@H]2COC3(CCN(S(=O)(=O)c4ccc5c(c4)CCCO5)CC3)C2)c1. The minimum absolute atomic E-state index is 0.0143. The first-order valence-electron chi connectivity index (χ1n) is 14.0. The molecule has 0 amide bonds. The van der Waals surface area contributed by atoms with E-state index in [0.717, 1.165) is 30.6 Å². The zero-order valence-corrected chi connectivity index (χ0v) is 24.5. The molecular weight excluding hydrogens is 572 g/mol. The number of sulfonamides is 1. The normalized spacial score (nSPS) is 21.8. The smallest absolute Gasteiger partial charge is 0.243 e. The minimum Gasteiger partial charge on any atom is -0.493 e. The van der Waals surface area contributed by atoms with Gasteiger partial charge in [0.15, 0.2) is 9.84 Å². The third-order valence-corrected chi connectivity index (χ3v) is 11.6. The summed E-state index contributed by atoms with van der Waals surface area (Å²) in [6.45, 7) is 1.65. The summed E-state index contributed by atoms with van der Waals surface area (Å²) >= 11 is 0. The number of hydrogen-bond donors (Lipinski definition) is 3. The summed E-state index contributed by atoms with van der Waals surface area (Å²) in [6.07, 6.45) is 2.77. The van der Waals surface area contributed by atoms with Crippen molar-refractivity contribution in [2.24, 2.45) is 0 Å². The summed E-state index contributed by atoms with van der Waals surface area (Å²) in [5, 5.41) is 22.7. The van der Waals surface area contributed by atoms with E-state index in [9.17, 15) is 21.9 Å². The molecule has 2 saturated heterocycles. The molecule has 2 aromatic rings. The number of aliphatic hydroxyl groups excluding tert-OH is 2. The maximum Gasteiger partial charge on any atom is 0.243 e. The molecule has 226 valence electrons. The van der Waals surface area contributed by atoms with E-state index in [1.54, 1.807) is 34.6 Å². The Hall–Kier alpha value is -2.26. The standard InChI is InChI=1S/C28H38N2O9S2/c31-12-14-40(33,34)25-5-1-4-24(16-25)38-20-23(32)18-29-22-17-28(39-19-22)8-10-30(11-9-28)41(35,36)26-6-7-27-21(15-26)3-2-13-37-27/h1,4-7,15-16,22-23,29,31-32H,2-3,8-14,17-20H2/t22-,23+/m1/s1. The van der Waals surface area contributed by atoms with Crippen molar-refractivity contribution >= 4 is 19.9 Å². The maximum absolute atomic E-state index is 13.3. The number of fused-ring (bicyclic) bond motifs is 1. The molecule has 3 aliphatic heterocycles. The number of nitrogens with one attached hydrogen (secondary N) is 1. The summed E-state index contributed by atoms with van der Waals surface area (Å²) in [5.41, 5.74) is 0.543. The fraction of sp³-hybridized carbons (Fsp3) is 0.571. The Labute approximate surface area is 241 Å². The van der Waals surface area contributed by atoms with E-state index in [4.69, 9.17) is 19.3 Å². The Morgan fingerprint density at radius 2 is 1.90 bits per heavy atom. The Morgan fingerprint density at radius 3 is 2.68 bits per heavy atom. The highest BCUT2D eigenvalue weighted by atomic mass is 32.2. The van der Waals surface area contributed by atoms with Gasteiger partial charge in [0.25, 0.3) is 0 Å². The number of hydrogen-bond acceptors (Lipinski definition) is 10. The lowest BCUT2D eigenvalue weighted by molar-refractivity contribution is -0.0312. The molecule has 2 fully saturated rings. The molecule has 1 spiro atoms. The lowest BCUT2D eigenvalue weighted by Crippen LogP contribution is -2.47. The van der Waals surface area contributed by atoms with Crippen LogP contribution < -0.4 is 14.8 Å². The van der Waals surface area contributed by atoms with Crippen molar-refractivity contribution in [3.8, 4) is 11.5 Å². The number of sulfone groups is 1. The molecule has 11 nitrogen and oxygen atoms in total. The molecule has 41 heavy (non-hydrogen) atoms. The molecule has 5 rings (SSSR count). The summed E-state index contributed by atoms with van der Waals surface area (Å²) in [5.74, 6) is 0.713. The molecule has 3 heterocycles. The van der Waals surface area contributed by atoms with Gasteiger partial charge in [-0.25, -0.2) is 16.8 Å². The van der Waals surface area contributed by atoms with Crippen molar-refractivity contribution in [3.63, 3.8) is 0 Å². The fourth-order valence-corrected chi connectivity index (χ4v) is 8.20. The largest absolute Gasteiger partial charge is 0.493 e. The molecular formula is C28H38N2O9S2. The number of ether oxygens (including phenoxy) is 3. The predicted molar refractivity (Wildman–Crippen MR) is 150 cm³/mol. The van der Waals surface area contributed by atoms with Gasteiger partial charge in [0.05, 0.1) is 41.0 Å². The highest BCUT2D eigenvalue weighted by Gasteiger charge is 2.44. The second-order valence-corrected chi connectivity index (χ2v) is 15.0. The number of rotatable bonds is 11. The molecule has 0 aliphatic carbocycles. The Bertz CT molecular complexity index is 1420. The van der Waals surface area contributed by atoms with Crippen LogP contribution >= 0.6 is 0 Å². The fourth-order valence-electron chi connectivity index (χ4n) is 5.65. The first-order valence-corrected chi connectivity index (χ1v) is 17.1.